The van der Waals surface area contributed by atoms with Gasteiger partial charge < -0.3 is 14.7 Å². The van der Waals surface area contributed by atoms with Gasteiger partial charge in [0, 0.05) is 31.9 Å². The molecule has 2 unspecified atom stereocenters. The number of carbonyl (C=O) groups excluding carboxylic acids is 1. The monoisotopic (exact) mass is 355 g/mol. The Hall–Kier alpha value is -2.25. The fraction of sp³-hybridized carbons (Fsp3) is 0.526. The van der Waals surface area contributed by atoms with Crippen molar-refractivity contribution in [3.8, 4) is 0 Å². The summed E-state index contributed by atoms with van der Waals surface area (Å²) in [6.45, 7) is 7.47. The van der Waals surface area contributed by atoms with Crippen LogP contribution in [0.5, 0.6) is 0 Å². The average molecular weight is 355 g/mol. The second-order valence-corrected chi connectivity index (χ2v) is 7.37. The number of aromatic nitrogens is 2. The van der Waals surface area contributed by atoms with Crippen LogP contribution in [0.4, 0.5) is 5.69 Å². The maximum Gasteiger partial charge on any atom is 0.239 e. The number of benzene rings is 1. The third-order valence-electron chi connectivity index (χ3n) is 5.29. The van der Waals surface area contributed by atoms with E-state index in [1.54, 1.807) is 0 Å². The molecule has 7 heteroatoms. The maximum atomic E-state index is 13.0. The summed E-state index contributed by atoms with van der Waals surface area (Å²) >= 11 is 0. The molecule has 7 nitrogen and oxygen atoms in total. The number of anilines is 1. The summed E-state index contributed by atoms with van der Waals surface area (Å²) < 4.78 is 5.49. The van der Waals surface area contributed by atoms with Gasteiger partial charge in [-0.1, -0.05) is 11.2 Å². The fourth-order valence-electron chi connectivity index (χ4n) is 3.89. The minimum atomic E-state index is -0.348. The first kappa shape index (κ1) is 17.2. The molecule has 0 aliphatic carbocycles. The van der Waals surface area contributed by atoms with Gasteiger partial charge >= 0.3 is 0 Å². The van der Waals surface area contributed by atoms with Crippen molar-refractivity contribution in [1.82, 2.24) is 20.4 Å². The molecule has 2 aliphatic heterocycles. The van der Waals surface area contributed by atoms with Crippen molar-refractivity contribution in [2.45, 2.75) is 32.2 Å². The van der Waals surface area contributed by atoms with Crippen LogP contribution < -0.4 is 10.2 Å². The van der Waals surface area contributed by atoms with Crippen molar-refractivity contribution in [3.05, 3.63) is 41.0 Å². The van der Waals surface area contributed by atoms with Crippen molar-refractivity contribution in [3.63, 3.8) is 0 Å². The Morgan fingerprint density at radius 1 is 1.19 bits per heavy atom. The number of carbonyl (C=O) groups is 1. The molecule has 1 aromatic carbocycles. The molecule has 2 saturated heterocycles. The molecule has 3 heterocycles. The van der Waals surface area contributed by atoms with E-state index >= 15 is 0 Å². The smallest absolute Gasteiger partial charge is 0.239 e. The molecule has 2 aliphatic rings. The molecule has 138 valence electrons. The second-order valence-electron chi connectivity index (χ2n) is 7.37. The summed E-state index contributed by atoms with van der Waals surface area (Å²) in [5, 5.41) is 7.51. The Kier molecular flexibility index (Phi) is 4.50. The van der Waals surface area contributed by atoms with E-state index in [1.165, 1.54) is 0 Å². The van der Waals surface area contributed by atoms with Crippen molar-refractivity contribution in [2.24, 2.45) is 0 Å². The van der Waals surface area contributed by atoms with Crippen LogP contribution >= 0.6 is 0 Å². The van der Waals surface area contributed by atoms with Gasteiger partial charge in [-0.2, -0.15) is 4.98 Å². The van der Waals surface area contributed by atoms with Crippen LogP contribution in [-0.2, 0) is 4.79 Å². The van der Waals surface area contributed by atoms with E-state index in [2.05, 4.69) is 45.6 Å². The summed E-state index contributed by atoms with van der Waals surface area (Å²) in [4.78, 5) is 21.6. The van der Waals surface area contributed by atoms with Crippen LogP contribution in [0.15, 0.2) is 22.7 Å². The van der Waals surface area contributed by atoms with Gasteiger partial charge in [-0.25, -0.2) is 0 Å². The number of nitrogens with zero attached hydrogens (tertiary/aromatic N) is 4. The molecule has 2 fully saturated rings. The van der Waals surface area contributed by atoms with Gasteiger partial charge in [-0.3, -0.25) is 9.69 Å². The quantitative estimate of drug-likeness (QED) is 0.905. The number of rotatable bonds is 3. The van der Waals surface area contributed by atoms with Crippen LogP contribution in [0.2, 0.25) is 0 Å². The first-order valence-corrected chi connectivity index (χ1v) is 9.17. The maximum absolute atomic E-state index is 13.0. The molecule has 26 heavy (non-hydrogen) atoms. The zero-order valence-corrected chi connectivity index (χ0v) is 15.5. The lowest BCUT2D eigenvalue weighted by atomic mass is 10.1. The molecule has 2 atom stereocenters. The highest BCUT2D eigenvalue weighted by atomic mass is 16.5. The number of hydrogen-bond acceptors (Lipinski definition) is 6. The summed E-state index contributed by atoms with van der Waals surface area (Å²) in [5.74, 6) is 0.794. The molecule has 0 radical (unpaired) electrons. The number of nitrogens with one attached hydrogen (secondary N) is 1. The molecule has 4 rings (SSSR count). The zero-order chi connectivity index (χ0) is 18.3. The molecular formula is C19H25N5O2. The highest BCUT2D eigenvalue weighted by Crippen LogP contribution is 2.33. The van der Waals surface area contributed by atoms with Gasteiger partial charge in [0.05, 0.1) is 6.04 Å². The first-order valence-electron chi connectivity index (χ1n) is 9.17. The summed E-state index contributed by atoms with van der Waals surface area (Å²) in [7, 11) is 2.06. The molecule has 0 saturated carbocycles. The van der Waals surface area contributed by atoms with Crippen molar-refractivity contribution in [1.29, 1.82) is 0 Å². The Labute approximate surface area is 153 Å². The van der Waals surface area contributed by atoms with Crippen LogP contribution in [0, 0.1) is 13.8 Å². The Bertz CT molecular complexity index is 798. The SMILES string of the molecule is Cc1cc(C)cc(N2CCC(c3nc(C4CNCCN4C)no3)C2=O)c1. The highest BCUT2D eigenvalue weighted by Gasteiger charge is 2.38. The third kappa shape index (κ3) is 3.12. The lowest BCUT2D eigenvalue weighted by Crippen LogP contribution is -2.44. The van der Waals surface area contributed by atoms with Gasteiger partial charge in [0.1, 0.15) is 5.92 Å². The second kappa shape index (κ2) is 6.81. The minimum Gasteiger partial charge on any atom is -0.338 e. The van der Waals surface area contributed by atoms with Gasteiger partial charge in [0.2, 0.25) is 11.8 Å². The standard InChI is InChI=1S/C19H25N5O2/c1-12-8-13(2)10-14(9-12)24-6-4-15(19(24)25)18-21-17(22-26-18)16-11-20-5-7-23(16)3/h8-10,15-16,20H,4-7,11H2,1-3H3. The Morgan fingerprint density at radius 2 is 1.96 bits per heavy atom. The largest absolute Gasteiger partial charge is 0.338 e. The van der Waals surface area contributed by atoms with Gasteiger partial charge in [-0.05, 0) is 50.6 Å². The van der Waals surface area contributed by atoms with Gasteiger partial charge in [0.15, 0.2) is 5.82 Å². The van der Waals surface area contributed by atoms with E-state index in [0.717, 1.165) is 36.4 Å². The third-order valence-corrected chi connectivity index (χ3v) is 5.29. The summed E-state index contributed by atoms with van der Waals surface area (Å²) in [6, 6.07) is 6.30. The number of amides is 1. The van der Waals surface area contributed by atoms with Crippen molar-refractivity contribution < 1.29 is 9.32 Å². The molecule has 2 aromatic rings. The van der Waals surface area contributed by atoms with Crippen molar-refractivity contribution >= 4 is 11.6 Å². The van der Waals surface area contributed by atoms with Crippen molar-refractivity contribution in [2.75, 3.05) is 38.1 Å². The van der Waals surface area contributed by atoms with E-state index in [0.29, 0.717) is 24.7 Å². The predicted molar refractivity (Wildman–Crippen MR) is 98.2 cm³/mol. The number of aryl methyl sites for hydroxylation is 2. The lowest BCUT2D eigenvalue weighted by Gasteiger charge is -2.30. The average Bonchev–Trinajstić information content (AvgIpc) is 3.21. The van der Waals surface area contributed by atoms with Crippen LogP contribution in [-0.4, -0.2) is 54.2 Å². The highest BCUT2D eigenvalue weighted by molar-refractivity contribution is 5.99. The molecule has 1 N–H and O–H groups in total. The number of piperazine rings is 1. The first-order chi connectivity index (χ1) is 12.5. The van der Waals surface area contributed by atoms with E-state index in [1.807, 2.05) is 18.7 Å². The number of likely N-dealkylation sites (N-methyl/N-ethyl adjacent to an activating group) is 1. The predicted octanol–water partition coefficient (Wildman–Crippen LogP) is 1.78. The molecule has 0 bridgehead atoms. The zero-order valence-electron chi connectivity index (χ0n) is 15.5. The molecular weight excluding hydrogens is 330 g/mol. The van der Waals surface area contributed by atoms with Gasteiger partial charge in [-0.15, -0.1) is 0 Å². The van der Waals surface area contributed by atoms with E-state index < -0.39 is 0 Å². The van der Waals surface area contributed by atoms with E-state index in [-0.39, 0.29) is 17.9 Å². The molecule has 0 spiro atoms. The number of hydrogen-bond donors (Lipinski definition) is 1. The van der Waals surface area contributed by atoms with Crippen LogP contribution in [0.25, 0.3) is 0 Å². The lowest BCUT2D eigenvalue weighted by molar-refractivity contribution is -0.118. The van der Waals surface area contributed by atoms with Crippen LogP contribution in [0.1, 0.15) is 41.2 Å². The minimum absolute atomic E-state index is 0.0420. The Balaban J connectivity index is 1.53. The topological polar surface area (TPSA) is 74.5 Å². The molecule has 1 aromatic heterocycles. The summed E-state index contributed by atoms with van der Waals surface area (Å²) in [5.41, 5.74) is 3.26. The van der Waals surface area contributed by atoms with E-state index in [4.69, 9.17) is 4.52 Å². The van der Waals surface area contributed by atoms with E-state index in [9.17, 15) is 4.79 Å². The normalized spacial score (nSPS) is 24.4. The van der Waals surface area contributed by atoms with Gasteiger partial charge in [0.25, 0.3) is 0 Å². The Morgan fingerprint density at radius 3 is 2.69 bits per heavy atom. The fourth-order valence-corrected chi connectivity index (χ4v) is 3.89. The van der Waals surface area contributed by atoms with Crippen LogP contribution in [0.3, 0.4) is 0 Å². The molecule has 1 amide bonds. The summed E-state index contributed by atoms with van der Waals surface area (Å²) in [6.07, 6.45) is 0.701.